The van der Waals surface area contributed by atoms with E-state index in [0.29, 0.717) is 12.8 Å². The zero-order chi connectivity index (χ0) is 48.2. The van der Waals surface area contributed by atoms with E-state index in [9.17, 15) is 45.3 Å². The number of hydrogen-bond acceptors (Lipinski definition) is 15. The number of allylic oxidation sites excluding steroid dienone is 12. The first-order valence-corrected chi connectivity index (χ1v) is 24.5. The Labute approximate surface area is 393 Å². The molecule has 2 saturated heterocycles. The molecule has 7 N–H and O–H groups in total. The first kappa shape index (κ1) is 59.1. The molecule has 0 aromatic carbocycles. The van der Waals surface area contributed by atoms with Crippen LogP contribution >= 0.6 is 0 Å². The Kier molecular flexibility index (Phi) is 33.9. The zero-order valence-corrected chi connectivity index (χ0v) is 39.6. The Balaban J connectivity index is 1.84. The summed E-state index contributed by atoms with van der Waals surface area (Å²) in [5.74, 6) is -0.982. The Hall–Kier alpha value is -3.06. The molecule has 0 amide bonds. The van der Waals surface area contributed by atoms with E-state index in [1.54, 1.807) is 0 Å². The fourth-order valence-electron chi connectivity index (χ4n) is 7.10. The van der Waals surface area contributed by atoms with Gasteiger partial charge >= 0.3 is 11.9 Å². The van der Waals surface area contributed by atoms with Gasteiger partial charge < -0.3 is 64.2 Å². The van der Waals surface area contributed by atoms with Crippen LogP contribution in [0.3, 0.4) is 0 Å². The maximum absolute atomic E-state index is 13.0. The summed E-state index contributed by atoms with van der Waals surface area (Å²) in [6.45, 7) is 2.36. The molecule has 15 nitrogen and oxygen atoms in total. The number of rotatable bonds is 36. The largest absolute Gasteiger partial charge is 0.462 e. The topological polar surface area (TPSA) is 231 Å². The number of esters is 2. The van der Waals surface area contributed by atoms with Crippen LogP contribution in [0.4, 0.5) is 0 Å². The molecule has 0 radical (unpaired) electrons. The number of aliphatic hydroxyl groups is 7. The molecule has 11 unspecified atom stereocenters. The summed E-state index contributed by atoms with van der Waals surface area (Å²) in [5, 5.41) is 72.0. The van der Waals surface area contributed by atoms with Gasteiger partial charge in [0.2, 0.25) is 0 Å². The van der Waals surface area contributed by atoms with E-state index in [4.69, 9.17) is 28.4 Å². The lowest BCUT2D eigenvalue weighted by Gasteiger charge is -2.42. The summed E-state index contributed by atoms with van der Waals surface area (Å²) >= 11 is 0. The molecule has 0 aromatic heterocycles. The molecule has 2 fully saturated rings. The minimum Gasteiger partial charge on any atom is -0.462 e. The van der Waals surface area contributed by atoms with Crippen molar-refractivity contribution < 1.29 is 73.8 Å². The van der Waals surface area contributed by atoms with Gasteiger partial charge in [0.1, 0.15) is 55.4 Å². The number of carbonyl (C=O) groups is 2. The van der Waals surface area contributed by atoms with Gasteiger partial charge in [-0.1, -0.05) is 125 Å². The van der Waals surface area contributed by atoms with Gasteiger partial charge in [0.05, 0.1) is 19.8 Å². The first-order chi connectivity index (χ1) is 32.0. The molecule has 66 heavy (non-hydrogen) atoms. The number of hydrogen-bond donors (Lipinski definition) is 7. The first-order valence-electron chi connectivity index (χ1n) is 24.5. The molecule has 0 spiro atoms. The highest BCUT2D eigenvalue weighted by molar-refractivity contribution is 5.70. The maximum Gasteiger partial charge on any atom is 0.306 e. The number of ether oxygens (including phenoxy) is 6. The van der Waals surface area contributed by atoms with Gasteiger partial charge in [-0.2, -0.15) is 0 Å². The van der Waals surface area contributed by atoms with Crippen molar-refractivity contribution in [3.8, 4) is 0 Å². The standard InChI is InChI=1S/C51H84O15/c1-3-5-7-9-11-13-15-16-17-18-19-20-21-22-24-26-28-30-32-34-43(54)64-39(36-61-42(53)33-31-29-27-25-23-14-12-10-8-6-4-2)37-62-50-49(60)47(58)45(56)41(66-50)38-63-51-48(59)46(57)44(55)40(35-52)65-51/h5,7,10-13,16-17,19-20,22,24,39-41,44-52,55-60H,3-4,6,8-9,14-15,18,21,23,25-38H2,1-2H3/b7-5-,12-10-,13-11-,17-16-,20-19-,24-22-. The molecule has 2 rings (SSSR count). The number of unbranched alkanes of at least 4 members (excludes halogenated alkanes) is 10. The molecule has 2 aliphatic rings. The van der Waals surface area contributed by atoms with E-state index in [1.807, 2.05) is 0 Å². The van der Waals surface area contributed by atoms with Gasteiger partial charge in [-0.15, -0.1) is 0 Å². The van der Waals surface area contributed by atoms with Gasteiger partial charge in [0, 0.05) is 12.8 Å². The molecular formula is C51H84O15. The average molecular weight is 937 g/mol. The van der Waals surface area contributed by atoms with E-state index in [2.05, 4.69) is 86.8 Å². The molecule has 2 aliphatic heterocycles. The third kappa shape index (κ3) is 25.9. The van der Waals surface area contributed by atoms with Crippen molar-refractivity contribution in [2.75, 3.05) is 26.4 Å². The summed E-state index contributed by atoms with van der Waals surface area (Å²) in [6.07, 6.45) is 26.5. The Morgan fingerprint density at radius 2 is 0.955 bits per heavy atom. The quantitative estimate of drug-likeness (QED) is 0.0209. The summed E-state index contributed by atoms with van der Waals surface area (Å²) in [4.78, 5) is 25.7. The van der Waals surface area contributed by atoms with Crippen molar-refractivity contribution in [2.45, 2.75) is 210 Å². The Morgan fingerprint density at radius 3 is 1.53 bits per heavy atom. The lowest BCUT2D eigenvalue weighted by atomic mass is 9.98. The molecule has 0 saturated carbocycles. The van der Waals surface area contributed by atoms with Crippen molar-refractivity contribution in [1.82, 2.24) is 0 Å². The van der Waals surface area contributed by atoms with Crippen molar-refractivity contribution >= 4 is 11.9 Å². The zero-order valence-electron chi connectivity index (χ0n) is 39.6. The van der Waals surface area contributed by atoms with E-state index < -0.39 is 99.3 Å². The summed E-state index contributed by atoms with van der Waals surface area (Å²) < 4.78 is 33.5. The van der Waals surface area contributed by atoms with Crippen LogP contribution in [0, 0.1) is 0 Å². The Morgan fingerprint density at radius 1 is 0.500 bits per heavy atom. The molecular weight excluding hydrogens is 853 g/mol. The van der Waals surface area contributed by atoms with E-state index in [-0.39, 0.29) is 19.4 Å². The lowest BCUT2D eigenvalue weighted by Crippen LogP contribution is -2.61. The molecule has 378 valence electrons. The molecule has 15 heteroatoms. The van der Waals surface area contributed by atoms with Gasteiger partial charge in [-0.3, -0.25) is 9.59 Å². The van der Waals surface area contributed by atoms with Crippen LogP contribution in [-0.2, 0) is 38.0 Å². The summed E-state index contributed by atoms with van der Waals surface area (Å²) in [5.41, 5.74) is 0. The van der Waals surface area contributed by atoms with E-state index in [1.165, 1.54) is 12.8 Å². The minimum atomic E-state index is -1.78. The van der Waals surface area contributed by atoms with Gasteiger partial charge in [-0.25, -0.2) is 0 Å². The smallest absolute Gasteiger partial charge is 0.306 e. The monoisotopic (exact) mass is 937 g/mol. The van der Waals surface area contributed by atoms with Crippen LogP contribution < -0.4 is 0 Å². The third-order valence-electron chi connectivity index (χ3n) is 11.2. The van der Waals surface area contributed by atoms with E-state index in [0.717, 1.165) is 89.9 Å². The normalized spacial score (nSPS) is 26.8. The van der Waals surface area contributed by atoms with Crippen LogP contribution in [0.5, 0.6) is 0 Å². The fourth-order valence-corrected chi connectivity index (χ4v) is 7.10. The summed E-state index contributed by atoms with van der Waals surface area (Å²) in [7, 11) is 0. The molecule has 0 aliphatic carbocycles. The second-order valence-electron chi connectivity index (χ2n) is 16.9. The van der Waals surface area contributed by atoms with Gasteiger partial charge in [0.15, 0.2) is 18.7 Å². The van der Waals surface area contributed by atoms with Crippen molar-refractivity contribution in [1.29, 1.82) is 0 Å². The van der Waals surface area contributed by atoms with Crippen molar-refractivity contribution in [3.05, 3.63) is 72.9 Å². The average Bonchev–Trinajstić information content (AvgIpc) is 3.31. The molecule has 0 bridgehead atoms. The number of carbonyl (C=O) groups excluding carboxylic acids is 2. The second-order valence-corrected chi connectivity index (χ2v) is 16.9. The summed E-state index contributed by atoms with van der Waals surface area (Å²) in [6, 6.07) is 0. The highest BCUT2D eigenvalue weighted by atomic mass is 16.7. The SMILES string of the molecule is CC/C=C\C/C=C\C/C=C\C/C=C\C/C=C\CCCCCC(=O)OC(COC(=O)CCCCCCC/C=C\CCCC)COC1OC(COC2OC(CO)C(O)C(O)C2O)C(O)C(O)C1O. The molecule has 11 atom stereocenters. The van der Waals surface area contributed by atoms with Crippen LogP contribution in [0.15, 0.2) is 72.9 Å². The van der Waals surface area contributed by atoms with Crippen LogP contribution in [0.2, 0.25) is 0 Å². The maximum atomic E-state index is 13.0. The van der Waals surface area contributed by atoms with Crippen molar-refractivity contribution in [2.24, 2.45) is 0 Å². The highest BCUT2D eigenvalue weighted by Gasteiger charge is 2.47. The molecule has 0 aromatic rings. The predicted octanol–water partition coefficient (Wildman–Crippen LogP) is 6.26. The lowest BCUT2D eigenvalue weighted by molar-refractivity contribution is -0.332. The number of aliphatic hydroxyl groups excluding tert-OH is 7. The highest BCUT2D eigenvalue weighted by Crippen LogP contribution is 2.26. The second kappa shape index (κ2) is 37.9. The molecule has 2 heterocycles. The van der Waals surface area contributed by atoms with Gasteiger partial charge in [0.25, 0.3) is 0 Å². The third-order valence-corrected chi connectivity index (χ3v) is 11.2. The van der Waals surface area contributed by atoms with Crippen LogP contribution in [-0.4, -0.2) is 142 Å². The van der Waals surface area contributed by atoms with Gasteiger partial charge in [-0.05, 0) is 77.0 Å². The fraction of sp³-hybridized carbons (Fsp3) is 0.725. The minimum absolute atomic E-state index is 0.121. The van der Waals surface area contributed by atoms with E-state index >= 15 is 0 Å². The van der Waals surface area contributed by atoms with Crippen LogP contribution in [0.25, 0.3) is 0 Å². The van der Waals surface area contributed by atoms with Crippen molar-refractivity contribution in [3.63, 3.8) is 0 Å². The predicted molar refractivity (Wildman–Crippen MR) is 252 cm³/mol. The Bertz CT molecular complexity index is 1430. The van der Waals surface area contributed by atoms with Crippen LogP contribution in [0.1, 0.15) is 142 Å².